The van der Waals surface area contributed by atoms with Crippen LogP contribution < -0.4 is 14.2 Å². The van der Waals surface area contributed by atoms with E-state index in [0.29, 0.717) is 35.8 Å². The van der Waals surface area contributed by atoms with Crippen LogP contribution in [0.5, 0.6) is 11.5 Å². The molecule has 162 valence electrons. The molecule has 0 spiro atoms. The van der Waals surface area contributed by atoms with Crippen LogP contribution in [-0.2, 0) is 10.0 Å². The molecule has 30 heavy (non-hydrogen) atoms. The second-order valence-electron chi connectivity index (χ2n) is 6.89. The van der Waals surface area contributed by atoms with Crippen molar-refractivity contribution in [1.29, 1.82) is 0 Å². The van der Waals surface area contributed by atoms with Gasteiger partial charge in [0.1, 0.15) is 0 Å². The van der Waals surface area contributed by atoms with Crippen molar-refractivity contribution in [3.8, 4) is 11.5 Å². The largest absolute Gasteiger partial charge is 0.493 e. The zero-order chi connectivity index (χ0) is 21.7. The molecule has 1 amide bonds. The van der Waals surface area contributed by atoms with E-state index in [4.69, 9.17) is 9.47 Å². The number of nitrogens with one attached hydrogen (secondary N) is 1. The van der Waals surface area contributed by atoms with Gasteiger partial charge in [0.05, 0.1) is 30.4 Å². The molecule has 1 saturated heterocycles. The lowest BCUT2D eigenvalue weighted by atomic mass is 10.1. The summed E-state index contributed by atoms with van der Waals surface area (Å²) in [6.45, 7) is 1.40. The third-order valence-electron chi connectivity index (χ3n) is 4.99. The van der Waals surface area contributed by atoms with Gasteiger partial charge < -0.3 is 14.4 Å². The number of nitrogens with zero attached hydrogens (tertiary/aromatic N) is 1. The van der Waals surface area contributed by atoms with E-state index in [0.717, 1.165) is 24.2 Å². The Hall–Kier alpha value is -2.39. The zero-order valence-corrected chi connectivity index (χ0v) is 18.9. The van der Waals surface area contributed by atoms with Crippen LogP contribution in [0.3, 0.4) is 0 Å². The number of likely N-dealkylation sites (tertiary alicyclic amines) is 1. The van der Waals surface area contributed by atoms with Crippen molar-refractivity contribution in [3.05, 3.63) is 42.0 Å². The first-order chi connectivity index (χ1) is 14.4. The molecular formula is C21H26N2O5S2. The molecule has 0 radical (unpaired) electrons. The second kappa shape index (κ2) is 9.61. The van der Waals surface area contributed by atoms with E-state index in [1.807, 2.05) is 6.26 Å². The third kappa shape index (κ3) is 4.84. The van der Waals surface area contributed by atoms with Gasteiger partial charge in [0.25, 0.3) is 15.9 Å². The highest BCUT2D eigenvalue weighted by Gasteiger charge is 2.24. The molecule has 7 nitrogen and oxygen atoms in total. The van der Waals surface area contributed by atoms with Crippen LogP contribution in [0.15, 0.2) is 46.2 Å². The number of carbonyl (C=O) groups is 1. The van der Waals surface area contributed by atoms with E-state index in [1.165, 1.54) is 38.1 Å². The van der Waals surface area contributed by atoms with E-state index in [9.17, 15) is 13.2 Å². The smallest absolute Gasteiger partial charge is 0.261 e. The Morgan fingerprint density at radius 3 is 2.33 bits per heavy atom. The molecule has 1 fully saturated rings. The monoisotopic (exact) mass is 450 g/mol. The Labute approximate surface area is 181 Å². The highest BCUT2D eigenvalue weighted by Crippen LogP contribution is 2.31. The van der Waals surface area contributed by atoms with Crippen LogP contribution in [-0.4, -0.2) is 52.8 Å². The van der Waals surface area contributed by atoms with Gasteiger partial charge in [-0.1, -0.05) is 0 Å². The Balaban J connectivity index is 1.91. The molecule has 0 atom stereocenters. The maximum atomic E-state index is 13.0. The molecule has 0 bridgehead atoms. The molecule has 0 aromatic heterocycles. The number of piperidine rings is 1. The van der Waals surface area contributed by atoms with Crippen LogP contribution in [0.25, 0.3) is 0 Å². The van der Waals surface area contributed by atoms with Gasteiger partial charge in [-0.3, -0.25) is 9.52 Å². The number of ether oxygens (including phenoxy) is 2. The fraction of sp³-hybridized carbons (Fsp3) is 0.381. The molecule has 1 heterocycles. The zero-order valence-electron chi connectivity index (χ0n) is 17.3. The average molecular weight is 451 g/mol. The number of hydrogen-bond acceptors (Lipinski definition) is 6. The number of thioether (sulfide) groups is 1. The highest BCUT2D eigenvalue weighted by molar-refractivity contribution is 7.98. The number of rotatable bonds is 7. The maximum absolute atomic E-state index is 13.0. The van der Waals surface area contributed by atoms with Crippen LogP contribution in [0, 0.1) is 0 Å². The molecule has 2 aromatic carbocycles. The van der Waals surface area contributed by atoms with Gasteiger partial charge >= 0.3 is 0 Å². The van der Waals surface area contributed by atoms with E-state index < -0.39 is 10.0 Å². The van der Waals surface area contributed by atoms with Crippen molar-refractivity contribution in [1.82, 2.24) is 4.90 Å². The second-order valence-corrected chi connectivity index (χ2v) is 9.42. The fourth-order valence-corrected chi connectivity index (χ4v) is 5.05. The molecule has 9 heteroatoms. The van der Waals surface area contributed by atoms with Crippen molar-refractivity contribution >= 4 is 33.4 Å². The molecule has 1 aliphatic heterocycles. The number of sulfonamides is 1. The molecule has 1 aliphatic rings. The molecule has 1 N–H and O–H groups in total. The first-order valence-corrected chi connectivity index (χ1v) is 12.3. The van der Waals surface area contributed by atoms with Gasteiger partial charge in [0.2, 0.25) is 0 Å². The summed E-state index contributed by atoms with van der Waals surface area (Å²) in [7, 11) is -0.904. The SMILES string of the molecule is COc1ccc(NS(=O)(=O)c2ccc(SC)c(C(=O)N3CCCCC3)c2)cc1OC. The summed E-state index contributed by atoms with van der Waals surface area (Å²) >= 11 is 1.43. The summed E-state index contributed by atoms with van der Waals surface area (Å²) in [5.74, 6) is 0.790. The summed E-state index contributed by atoms with van der Waals surface area (Å²) in [6.07, 6.45) is 4.93. The Morgan fingerprint density at radius 2 is 1.70 bits per heavy atom. The Kier molecular flexibility index (Phi) is 7.14. The number of amides is 1. The summed E-state index contributed by atoms with van der Waals surface area (Å²) in [5.41, 5.74) is 0.755. The molecule has 0 aliphatic carbocycles. The van der Waals surface area contributed by atoms with Gasteiger partial charge in [-0.15, -0.1) is 11.8 Å². The Bertz CT molecular complexity index is 1020. The van der Waals surface area contributed by atoms with Crippen LogP contribution in [0.2, 0.25) is 0 Å². The van der Waals surface area contributed by atoms with Gasteiger partial charge in [0.15, 0.2) is 11.5 Å². The summed E-state index contributed by atoms with van der Waals surface area (Å²) < 4.78 is 38.9. The molecular weight excluding hydrogens is 424 g/mol. The van der Waals surface area contributed by atoms with Crippen molar-refractivity contribution in [2.24, 2.45) is 0 Å². The van der Waals surface area contributed by atoms with Crippen molar-refractivity contribution in [2.75, 3.05) is 38.3 Å². The topological polar surface area (TPSA) is 84.9 Å². The fourth-order valence-electron chi connectivity index (χ4n) is 3.40. The maximum Gasteiger partial charge on any atom is 0.261 e. The van der Waals surface area contributed by atoms with E-state index >= 15 is 0 Å². The van der Waals surface area contributed by atoms with Crippen LogP contribution in [0.1, 0.15) is 29.6 Å². The average Bonchev–Trinajstić information content (AvgIpc) is 2.78. The normalized spacial score (nSPS) is 14.3. The van der Waals surface area contributed by atoms with Gasteiger partial charge in [-0.25, -0.2) is 8.42 Å². The molecule has 0 saturated carbocycles. The van der Waals surface area contributed by atoms with Gasteiger partial charge in [-0.05, 0) is 55.9 Å². The van der Waals surface area contributed by atoms with E-state index in [1.54, 1.807) is 29.2 Å². The number of hydrogen-bond donors (Lipinski definition) is 1. The summed E-state index contributed by atoms with van der Waals surface area (Å²) in [6, 6.07) is 9.43. The molecule has 0 unspecified atom stereocenters. The number of benzene rings is 2. The third-order valence-corrected chi connectivity index (χ3v) is 7.17. The van der Waals surface area contributed by atoms with E-state index in [2.05, 4.69) is 4.72 Å². The lowest BCUT2D eigenvalue weighted by molar-refractivity contribution is 0.0720. The minimum absolute atomic E-state index is 0.0374. The van der Waals surface area contributed by atoms with Gasteiger partial charge in [-0.2, -0.15) is 0 Å². The predicted molar refractivity (Wildman–Crippen MR) is 118 cm³/mol. The van der Waals surface area contributed by atoms with Crippen LogP contribution in [0.4, 0.5) is 5.69 Å². The molecule has 2 aromatic rings. The van der Waals surface area contributed by atoms with Crippen molar-refractivity contribution < 1.29 is 22.7 Å². The van der Waals surface area contributed by atoms with Crippen molar-refractivity contribution in [2.45, 2.75) is 29.1 Å². The van der Waals surface area contributed by atoms with E-state index in [-0.39, 0.29) is 10.8 Å². The Morgan fingerprint density at radius 1 is 1.00 bits per heavy atom. The number of methoxy groups -OCH3 is 2. The lowest BCUT2D eigenvalue weighted by Crippen LogP contribution is -2.36. The summed E-state index contributed by atoms with van der Waals surface area (Å²) in [5, 5.41) is 0. The minimum atomic E-state index is -3.90. The van der Waals surface area contributed by atoms with Gasteiger partial charge in [0, 0.05) is 24.1 Å². The first-order valence-electron chi connectivity index (χ1n) is 9.61. The van der Waals surface area contributed by atoms with Crippen molar-refractivity contribution in [3.63, 3.8) is 0 Å². The molecule has 3 rings (SSSR count). The van der Waals surface area contributed by atoms with Crippen LogP contribution >= 0.6 is 11.8 Å². The highest BCUT2D eigenvalue weighted by atomic mass is 32.2. The quantitative estimate of drug-likeness (QED) is 0.645. The summed E-state index contributed by atoms with van der Waals surface area (Å²) in [4.78, 5) is 15.6. The first kappa shape index (κ1) is 22.3. The minimum Gasteiger partial charge on any atom is -0.493 e. The predicted octanol–water partition coefficient (Wildman–Crippen LogP) is 3.85. The number of anilines is 1. The standard InChI is InChI=1S/C21H26N2O5S2/c1-27-18-9-7-15(13-19(18)28-2)22-30(25,26)16-8-10-20(29-3)17(14-16)21(24)23-11-5-4-6-12-23/h7-10,13-14,22H,4-6,11-12H2,1-3H3. The lowest BCUT2D eigenvalue weighted by Gasteiger charge is -2.27. The number of carbonyl (C=O) groups excluding carboxylic acids is 1.